The SMILES string of the molecule is O=C(NC1CCN(S(=O)(=O)C2CCC2)CC1)c1cc(Cl)cc(Cl)c1O. The Balaban J connectivity index is 1.60. The van der Waals surface area contributed by atoms with E-state index in [1.807, 2.05) is 0 Å². The van der Waals surface area contributed by atoms with E-state index in [1.54, 1.807) is 0 Å². The summed E-state index contributed by atoms with van der Waals surface area (Å²) in [6, 6.07) is 2.56. The van der Waals surface area contributed by atoms with Crippen molar-refractivity contribution in [1.29, 1.82) is 0 Å². The number of piperidine rings is 1. The Kier molecular flexibility index (Phi) is 5.48. The first-order valence-corrected chi connectivity index (χ1v) is 10.5. The van der Waals surface area contributed by atoms with E-state index < -0.39 is 15.9 Å². The Morgan fingerprint density at radius 3 is 2.36 bits per heavy atom. The average Bonchev–Trinajstić information content (AvgIpc) is 2.49. The van der Waals surface area contributed by atoms with Gasteiger partial charge >= 0.3 is 0 Å². The number of amides is 1. The molecular weight excluding hydrogens is 387 g/mol. The first-order chi connectivity index (χ1) is 11.8. The summed E-state index contributed by atoms with van der Waals surface area (Å²) in [6.07, 6.45) is 3.53. The number of carbonyl (C=O) groups is 1. The second-order valence-corrected chi connectivity index (χ2v) is 9.59. The minimum atomic E-state index is -3.20. The van der Waals surface area contributed by atoms with Crippen LogP contribution in [0.5, 0.6) is 5.75 Å². The average molecular weight is 407 g/mol. The van der Waals surface area contributed by atoms with Crippen LogP contribution in [0.2, 0.25) is 10.0 Å². The second-order valence-electron chi connectivity index (χ2n) is 6.53. The molecule has 0 bridgehead atoms. The molecule has 2 fully saturated rings. The summed E-state index contributed by atoms with van der Waals surface area (Å²) in [7, 11) is -3.20. The molecule has 138 valence electrons. The first kappa shape index (κ1) is 18.8. The number of rotatable bonds is 4. The van der Waals surface area contributed by atoms with Crippen LogP contribution in [0.3, 0.4) is 0 Å². The molecule has 2 aliphatic rings. The fourth-order valence-electron chi connectivity index (χ4n) is 3.14. The van der Waals surface area contributed by atoms with Gasteiger partial charge in [-0.2, -0.15) is 0 Å². The molecule has 0 atom stereocenters. The maximum atomic E-state index is 12.4. The van der Waals surface area contributed by atoms with Gasteiger partial charge in [0.1, 0.15) is 5.75 Å². The number of halogens is 2. The lowest BCUT2D eigenvalue weighted by Crippen LogP contribution is -2.49. The molecule has 6 nitrogen and oxygen atoms in total. The zero-order valence-electron chi connectivity index (χ0n) is 13.5. The third-order valence-electron chi connectivity index (χ3n) is 4.90. The van der Waals surface area contributed by atoms with Gasteiger partial charge in [-0.3, -0.25) is 4.79 Å². The van der Waals surface area contributed by atoms with Crippen molar-refractivity contribution in [3.05, 3.63) is 27.7 Å². The summed E-state index contributed by atoms with van der Waals surface area (Å²) < 4.78 is 26.4. The highest BCUT2D eigenvalue weighted by atomic mass is 35.5. The van der Waals surface area contributed by atoms with Gasteiger partial charge in [0.05, 0.1) is 15.8 Å². The molecule has 25 heavy (non-hydrogen) atoms. The monoisotopic (exact) mass is 406 g/mol. The highest BCUT2D eigenvalue weighted by Crippen LogP contribution is 2.32. The molecule has 1 heterocycles. The van der Waals surface area contributed by atoms with Crippen molar-refractivity contribution in [2.75, 3.05) is 13.1 Å². The van der Waals surface area contributed by atoms with Gasteiger partial charge in [-0.1, -0.05) is 29.6 Å². The zero-order valence-corrected chi connectivity index (χ0v) is 15.9. The number of nitrogens with zero attached hydrogens (tertiary/aromatic N) is 1. The van der Waals surface area contributed by atoms with Gasteiger partial charge in [-0.15, -0.1) is 0 Å². The number of phenolic OH excluding ortho intramolecular Hbond substituents is 1. The summed E-state index contributed by atoms with van der Waals surface area (Å²) in [5, 5.41) is 12.8. The number of phenols is 1. The van der Waals surface area contributed by atoms with E-state index >= 15 is 0 Å². The molecule has 3 rings (SSSR count). The number of hydrogen-bond acceptors (Lipinski definition) is 4. The topological polar surface area (TPSA) is 86.7 Å². The molecular formula is C16H20Cl2N2O4S. The van der Waals surface area contributed by atoms with Gasteiger partial charge in [-0.05, 0) is 37.8 Å². The number of sulfonamides is 1. The van der Waals surface area contributed by atoms with Crippen LogP contribution in [-0.2, 0) is 10.0 Å². The maximum absolute atomic E-state index is 12.4. The van der Waals surface area contributed by atoms with Gasteiger partial charge in [0.15, 0.2) is 0 Å². The van der Waals surface area contributed by atoms with Crippen molar-refractivity contribution in [2.24, 2.45) is 0 Å². The molecule has 9 heteroatoms. The molecule has 2 N–H and O–H groups in total. The number of carbonyl (C=O) groups excluding carboxylic acids is 1. The molecule has 1 aliphatic heterocycles. The lowest BCUT2D eigenvalue weighted by molar-refractivity contribution is 0.0921. The quantitative estimate of drug-likeness (QED) is 0.804. The first-order valence-electron chi connectivity index (χ1n) is 8.27. The predicted octanol–water partition coefficient (Wildman–Crippen LogP) is 2.78. The van der Waals surface area contributed by atoms with E-state index in [0.29, 0.717) is 25.9 Å². The highest BCUT2D eigenvalue weighted by molar-refractivity contribution is 7.89. The molecule has 1 amide bonds. The molecule has 0 aromatic heterocycles. The smallest absolute Gasteiger partial charge is 0.255 e. The van der Waals surface area contributed by atoms with E-state index in [1.165, 1.54) is 16.4 Å². The Morgan fingerprint density at radius 1 is 1.16 bits per heavy atom. The lowest BCUT2D eigenvalue weighted by atomic mass is 10.0. The summed E-state index contributed by atoms with van der Waals surface area (Å²) in [4.78, 5) is 12.4. The van der Waals surface area contributed by atoms with Crippen molar-refractivity contribution in [1.82, 2.24) is 9.62 Å². The van der Waals surface area contributed by atoms with Crippen LogP contribution in [0.4, 0.5) is 0 Å². The third-order valence-corrected chi connectivity index (χ3v) is 7.80. The normalized spacial score (nSPS) is 20.2. The Labute approximate surface area is 157 Å². The number of nitrogens with one attached hydrogen (secondary N) is 1. The number of benzene rings is 1. The second kappa shape index (κ2) is 7.31. The van der Waals surface area contributed by atoms with Crippen LogP contribution in [-0.4, -0.2) is 48.1 Å². The Bertz CT molecular complexity index is 773. The molecule has 0 unspecified atom stereocenters. The van der Waals surface area contributed by atoms with Crippen LogP contribution < -0.4 is 5.32 Å². The van der Waals surface area contributed by atoms with Crippen LogP contribution in [0, 0.1) is 0 Å². The van der Waals surface area contributed by atoms with E-state index in [0.717, 1.165) is 19.3 Å². The van der Waals surface area contributed by atoms with E-state index in [9.17, 15) is 18.3 Å². The standard InChI is InChI=1S/C16H20Cl2N2O4S/c17-10-8-13(15(21)14(18)9-10)16(22)19-11-4-6-20(7-5-11)25(23,24)12-2-1-3-12/h8-9,11-12,21H,1-7H2,(H,19,22). The van der Waals surface area contributed by atoms with Crippen molar-refractivity contribution < 1.29 is 18.3 Å². The van der Waals surface area contributed by atoms with E-state index in [2.05, 4.69) is 5.32 Å². The van der Waals surface area contributed by atoms with Crippen LogP contribution in [0.15, 0.2) is 12.1 Å². The van der Waals surface area contributed by atoms with Gasteiger partial charge in [0.2, 0.25) is 10.0 Å². The molecule has 0 spiro atoms. The van der Waals surface area contributed by atoms with E-state index in [4.69, 9.17) is 23.2 Å². The fourth-order valence-corrected chi connectivity index (χ4v) is 5.70. The van der Waals surface area contributed by atoms with Crippen molar-refractivity contribution in [2.45, 2.75) is 43.4 Å². The summed E-state index contributed by atoms with van der Waals surface area (Å²) in [5.74, 6) is -0.782. The zero-order chi connectivity index (χ0) is 18.2. The molecule has 1 saturated heterocycles. The van der Waals surface area contributed by atoms with Crippen LogP contribution >= 0.6 is 23.2 Å². The minimum absolute atomic E-state index is 0.0130. The third kappa shape index (κ3) is 3.89. The summed E-state index contributed by atoms with van der Waals surface area (Å²) >= 11 is 11.7. The minimum Gasteiger partial charge on any atom is -0.506 e. The number of aromatic hydroxyl groups is 1. The van der Waals surface area contributed by atoms with Gasteiger partial charge in [0.25, 0.3) is 5.91 Å². The van der Waals surface area contributed by atoms with Crippen molar-refractivity contribution in [3.8, 4) is 5.75 Å². The van der Waals surface area contributed by atoms with Crippen LogP contribution in [0.25, 0.3) is 0 Å². The highest BCUT2D eigenvalue weighted by Gasteiger charge is 2.38. The molecule has 1 saturated carbocycles. The predicted molar refractivity (Wildman–Crippen MR) is 96.7 cm³/mol. The molecule has 1 aromatic carbocycles. The van der Waals surface area contributed by atoms with Gasteiger partial charge < -0.3 is 10.4 Å². The summed E-state index contributed by atoms with van der Waals surface area (Å²) in [5.41, 5.74) is 0.0158. The molecule has 0 radical (unpaired) electrons. The summed E-state index contributed by atoms with van der Waals surface area (Å²) in [6.45, 7) is 0.790. The Hall–Kier alpha value is -1.02. The van der Waals surface area contributed by atoms with Crippen molar-refractivity contribution >= 4 is 39.1 Å². The number of hydrogen-bond donors (Lipinski definition) is 2. The van der Waals surface area contributed by atoms with Gasteiger partial charge in [0, 0.05) is 24.2 Å². The maximum Gasteiger partial charge on any atom is 0.255 e. The van der Waals surface area contributed by atoms with Crippen LogP contribution in [0.1, 0.15) is 42.5 Å². The van der Waals surface area contributed by atoms with Crippen molar-refractivity contribution in [3.63, 3.8) is 0 Å². The van der Waals surface area contributed by atoms with E-state index in [-0.39, 0.29) is 32.7 Å². The lowest BCUT2D eigenvalue weighted by Gasteiger charge is -2.36. The largest absolute Gasteiger partial charge is 0.506 e. The van der Waals surface area contributed by atoms with Gasteiger partial charge in [-0.25, -0.2) is 12.7 Å². The Morgan fingerprint density at radius 2 is 1.80 bits per heavy atom. The fraction of sp³-hybridized carbons (Fsp3) is 0.562. The molecule has 1 aromatic rings. The molecule has 1 aliphatic carbocycles.